The van der Waals surface area contributed by atoms with E-state index < -0.39 is 10.8 Å². The Kier molecular flexibility index (Phi) is 8.83. The maximum Gasteiger partial charge on any atom is 0.197 e. The zero-order chi connectivity index (χ0) is 24.5. The van der Waals surface area contributed by atoms with Crippen LogP contribution >= 0.6 is 0 Å². The Morgan fingerprint density at radius 3 is 2.60 bits per heavy atom. The second kappa shape index (κ2) is 12.4. The van der Waals surface area contributed by atoms with Crippen LogP contribution < -0.4 is 9.47 Å². The highest BCUT2D eigenvalue weighted by Gasteiger charge is 2.15. The van der Waals surface area contributed by atoms with E-state index in [1.54, 1.807) is 19.4 Å². The van der Waals surface area contributed by atoms with Crippen LogP contribution in [0.15, 0.2) is 66.0 Å². The number of benzene rings is 2. The lowest BCUT2D eigenvalue weighted by atomic mass is 10.2. The fourth-order valence-corrected chi connectivity index (χ4v) is 4.55. The van der Waals surface area contributed by atoms with Crippen molar-refractivity contribution in [2.24, 2.45) is 0 Å². The highest BCUT2D eigenvalue weighted by molar-refractivity contribution is 7.84. The molecule has 0 bridgehead atoms. The van der Waals surface area contributed by atoms with Crippen LogP contribution in [-0.2, 0) is 32.6 Å². The summed E-state index contributed by atoms with van der Waals surface area (Å²) < 4.78 is 35.3. The summed E-state index contributed by atoms with van der Waals surface area (Å²) in [6.07, 6.45) is 1.66. The van der Waals surface area contributed by atoms with E-state index in [2.05, 4.69) is 15.0 Å². The minimum atomic E-state index is -1.38. The van der Waals surface area contributed by atoms with Gasteiger partial charge in [-0.2, -0.15) is 0 Å². The van der Waals surface area contributed by atoms with E-state index in [9.17, 15) is 4.21 Å². The van der Waals surface area contributed by atoms with Crippen LogP contribution in [0.2, 0.25) is 0 Å². The molecule has 2 aromatic heterocycles. The number of nitrogens with zero attached hydrogens (tertiary/aromatic N) is 2. The van der Waals surface area contributed by atoms with Crippen LogP contribution in [0.3, 0.4) is 0 Å². The first kappa shape index (κ1) is 24.8. The van der Waals surface area contributed by atoms with Gasteiger partial charge in [0.15, 0.2) is 5.16 Å². The van der Waals surface area contributed by atoms with Crippen molar-refractivity contribution in [2.45, 2.75) is 24.4 Å². The molecule has 184 valence electrons. The molecule has 0 aliphatic rings. The minimum Gasteiger partial charge on any atom is -0.497 e. The Labute approximate surface area is 207 Å². The summed E-state index contributed by atoms with van der Waals surface area (Å²) in [4.78, 5) is 12.0. The van der Waals surface area contributed by atoms with Crippen molar-refractivity contribution in [3.05, 3.63) is 77.6 Å². The van der Waals surface area contributed by atoms with Crippen molar-refractivity contribution in [1.29, 1.82) is 0 Å². The van der Waals surface area contributed by atoms with Crippen molar-refractivity contribution >= 4 is 21.8 Å². The van der Waals surface area contributed by atoms with Crippen LogP contribution in [0.5, 0.6) is 11.5 Å². The molecule has 4 rings (SSSR count). The van der Waals surface area contributed by atoms with E-state index in [4.69, 9.17) is 18.9 Å². The third-order valence-electron chi connectivity index (χ3n) is 5.38. The number of aromatic nitrogens is 3. The molecule has 4 aromatic rings. The summed E-state index contributed by atoms with van der Waals surface area (Å²) in [6, 6.07) is 17.3. The number of H-pyrrole nitrogens is 1. The molecule has 0 fully saturated rings. The molecule has 1 N–H and O–H groups in total. The normalized spacial score (nSPS) is 12.1. The first-order chi connectivity index (χ1) is 17.1. The third kappa shape index (κ3) is 6.88. The predicted molar refractivity (Wildman–Crippen MR) is 134 cm³/mol. The third-order valence-corrected chi connectivity index (χ3v) is 6.54. The van der Waals surface area contributed by atoms with Gasteiger partial charge < -0.3 is 23.9 Å². The molecule has 0 radical (unpaired) electrons. The lowest BCUT2D eigenvalue weighted by Crippen LogP contribution is -2.12. The summed E-state index contributed by atoms with van der Waals surface area (Å²) in [5.41, 5.74) is 4.21. The molecule has 9 heteroatoms. The number of methoxy groups -OCH3 is 1. The Morgan fingerprint density at radius 1 is 0.971 bits per heavy atom. The van der Waals surface area contributed by atoms with Gasteiger partial charge in [0.25, 0.3) is 0 Å². The van der Waals surface area contributed by atoms with Crippen molar-refractivity contribution in [3.63, 3.8) is 0 Å². The van der Waals surface area contributed by atoms with E-state index in [0.717, 1.165) is 22.2 Å². The summed E-state index contributed by atoms with van der Waals surface area (Å²) >= 11 is 0. The number of imidazole rings is 1. The summed E-state index contributed by atoms with van der Waals surface area (Å²) in [6.45, 7) is 4.35. The highest BCUT2D eigenvalue weighted by Crippen LogP contribution is 2.23. The molecule has 0 aliphatic heterocycles. The van der Waals surface area contributed by atoms with Gasteiger partial charge in [0, 0.05) is 17.8 Å². The molecule has 1 unspecified atom stereocenters. The Morgan fingerprint density at radius 2 is 1.77 bits per heavy atom. The van der Waals surface area contributed by atoms with Gasteiger partial charge >= 0.3 is 0 Å². The number of rotatable bonds is 13. The molecule has 0 saturated heterocycles. The first-order valence-electron chi connectivity index (χ1n) is 11.3. The molecule has 0 saturated carbocycles. The van der Waals surface area contributed by atoms with Crippen LogP contribution in [0.4, 0.5) is 0 Å². The Balaban J connectivity index is 1.22. The lowest BCUT2D eigenvalue weighted by Gasteiger charge is -2.12. The van der Waals surface area contributed by atoms with E-state index >= 15 is 0 Å². The van der Waals surface area contributed by atoms with Crippen LogP contribution in [-0.4, -0.2) is 52.7 Å². The molecule has 0 aliphatic carbocycles. The van der Waals surface area contributed by atoms with E-state index in [-0.39, 0.29) is 5.75 Å². The monoisotopic (exact) mass is 495 g/mol. The van der Waals surface area contributed by atoms with Crippen molar-refractivity contribution in [1.82, 2.24) is 15.0 Å². The number of aromatic amines is 1. The summed E-state index contributed by atoms with van der Waals surface area (Å²) in [7, 11) is 0.221. The topological polar surface area (TPSA) is 95.6 Å². The average Bonchev–Trinajstić information content (AvgIpc) is 3.32. The zero-order valence-electron chi connectivity index (χ0n) is 19.9. The average molecular weight is 496 g/mol. The van der Waals surface area contributed by atoms with Crippen LogP contribution in [0.25, 0.3) is 11.0 Å². The lowest BCUT2D eigenvalue weighted by molar-refractivity contribution is 0.0303. The number of hydrogen-bond acceptors (Lipinski definition) is 7. The van der Waals surface area contributed by atoms with Gasteiger partial charge in [0.05, 0.1) is 66.8 Å². The van der Waals surface area contributed by atoms with E-state index in [1.165, 1.54) is 0 Å². The van der Waals surface area contributed by atoms with Gasteiger partial charge in [0.2, 0.25) is 0 Å². The van der Waals surface area contributed by atoms with Crippen LogP contribution in [0, 0.1) is 6.92 Å². The maximum absolute atomic E-state index is 13.0. The molecule has 35 heavy (non-hydrogen) atoms. The molecule has 0 spiro atoms. The van der Waals surface area contributed by atoms with Gasteiger partial charge in [-0.3, -0.25) is 9.19 Å². The fraction of sp³-hybridized carbons (Fsp3) is 0.308. The van der Waals surface area contributed by atoms with Gasteiger partial charge in [-0.25, -0.2) is 4.98 Å². The fourth-order valence-electron chi connectivity index (χ4n) is 3.45. The number of fused-ring (bicyclic) bond motifs is 1. The largest absolute Gasteiger partial charge is 0.497 e. The maximum atomic E-state index is 13.0. The van der Waals surface area contributed by atoms with Gasteiger partial charge in [-0.05, 0) is 30.7 Å². The molecule has 2 aromatic carbocycles. The zero-order valence-corrected chi connectivity index (χ0v) is 20.7. The summed E-state index contributed by atoms with van der Waals surface area (Å²) in [5, 5.41) is 0.406. The number of nitrogens with one attached hydrogen (secondary N) is 1. The highest BCUT2D eigenvalue weighted by atomic mass is 32.2. The number of ether oxygens (including phenoxy) is 4. The smallest absolute Gasteiger partial charge is 0.197 e. The Hall–Kier alpha value is -3.27. The van der Waals surface area contributed by atoms with Crippen molar-refractivity contribution < 1.29 is 23.2 Å². The predicted octanol–water partition coefficient (Wildman–Crippen LogP) is 4.19. The standard InChI is InChI=1S/C26H29N3O5S/c1-19-24(18-35(30)26-28-22-9-8-21(31-2)16-23(22)29-26)27-11-10-25(19)34-15-14-32-12-13-33-17-20-6-4-3-5-7-20/h3-11,16H,12-15,17-18H2,1-2H3,(H,28,29). The van der Waals surface area contributed by atoms with Crippen molar-refractivity contribution in [2.75, 3.05) is 33.5 Å². The number of pyridine rings is 1. The summed E-state index contributed by atoms with van der Waals surface area (Å²) in [5.74, 6) is 1.64. The molecule has 1 atom stereocenters. The molecule has 0 amide bonds. The molecular formula is C26H29N3O5S. The van der Waals surface area contributed by atoms with Crippen molar-refractivity contribution in [3.8, 4) is 11.5 Å². The van der Waals surface area contributed by atoms with Crippen LogP contribution in [0.1, 0.15) is 16.8 Å². The number of hydrogen-bond donors (Lipinski definition) is 1. The first-order valence-corrected chi connectivity index (χ1v) is 12.6. The molecule has 2 heterocycles. The van der Waals surface area contributed by atoms with Gasteiger partial charge in [0.1, 0.15) is 18.1 Å². The molecular weight excluding hydrogens is 466 g/mol. The second-order valence-electron chi connectivity index (χ2n) is 7.79. The van der Waals surface area contributed by atoms with Gasteiger partial charge in [-0.1, -0.05) is 30.3 Å². The minimum absolute atomic E-state index is 0.231. The van der Waals surface area contributed by atoms with E-state index in [0.29, 0.717) is 55.4 Å². The quantitative estimate of drug-likeness (QED) is 0.278. The second-order valence-corrected chi connectivity index (χ2v) is 9.16. The van der Waals surface area contributed by atoms with Gasteiger partial charge in [-0.15, -0.1) is 0 Å². The van der Waals surface area contributed by atoms with E-state index in [1.807, 2.05) is 55.5 Å². The SMILES string of the molecule is COc1ccc2nc(S(=O)Cc3nccc(OCCOCCOCc4ccccc4)c3C)[nH]c2c1. The Bertz CT molecular complexity index is 1260. The molecule has 8 nitrogen and oxygen atoms in total.